The molecule has 2 nitrogen and oxygen atoms in total. The molecule has 1 aliphatic heterocycles. The first-order valence-corrected chi connectivity index (χ1v) is 7.10. The minimum atomic E-state index is -1.88. The minimum Gasteiger partial charge on any atom is -0.372 e. The van der Waals surface area contributed by atoms with Crippen molar-refractivity contribution in [3.05, 3.63) is 11.8 Å². The van der Waals surface area contributed by atoms with Gasteiger partial charge >= 0.3 is 0 Å². The number of alkyl halides is 3. The van der Waals surface area contributed by atoms with Crippen molar-refractivity contribution in [3.8, 4) is 0 Å². The molecular weight excluding hydrogens is 293 g/mol. The molecule has 0 aromatic rings. The Morgan fingerprint density at radius 3 is 2.17 bits per heavy atom. The average molecular weight is 313 g/mol. The van der Waals surface area contributed by atoms with Gasteiger partial charge < -0.3 is 4.90 Å². The number of carbonyl (C=O) groups is 1. The zero-order valence-corrected chi connectivity index (χ0v) is 13.7. The number of allylic oxidation sites excluding steroid dienone is 1. The summed E-state index contributed by atoms with van der Waals surface area (Å²) in [6.45, 7) is 11.2. The Kier molecular flexibility index (Phi) is 4.38. The maximum absolute atomic E-state index is 12.2. The van der Waals surface area contributed by atoms with Gasteiger partial charge in [0, 0.05) is 23.9 Å². The molecule has 0 aliphatic carbocycles. The highest BCUT2D eigenvalue weighted by Crippen LogP contribution is 2.42. The number of Topliss-reactive ketones (excluding diaryl/α,β-unsaturated/α-hetero) is 1. The fraction of sp³-hybridized carbons (Fsp3) is 0.769. The number of ketones is 1. The van der Waals surface area contributed by atoms with Crippen LogP contribution in [0.15, 0.2) is 11.8 Å². The van der Waals surface area contributed by atoms with E-state index < -0.39 is 9.58 Å². The van der Waals surface area contributed by atoms with E-state index in [9.17, 15) is 4.79 Å². The molecule has 0 saturated carbocycles. The first-order chi connectivity index (χ1) is 7.86. The lowest BCUT2D eigenvalue weighted by Gasteiger charge is -2.43. The lowest BCUT2D eigenvalue weighted by Crippen LogP contribution is -2.45. The molecule has 0 radical (unpaired) electrons. The second-order valence-corrected chi connectivity index (χ2v) is 8.65. The molecule has 0 bridgehead atoms. The van der Waals surface area contributed by atoms with E-state index in [0.717, 1.165) is 13.0 Å². The number of nitrogens with zero attached hydrogens (tertiary/aromatic N) is 1. The number of halogens is 3. The fourth-order valence-corrected chi connectivity index (χ4v) is 2.28. The van der Waals surface area contributed by atoms with Gasteiger partial charge in [-0.3, -0.25) is 4.79 Å². The molecule has 0 unspecified atom stereocenters. The molecular formula is C13H20Cl3NO. The smallest absolute Gasteiger partial charge is 0.253 e. The van der Waals surface area contributed by atoms with Gasteiger partial charge in [0.25, 0.3) is 3.79 Å². The zero-order valence-electron chi connectivity index (χ0n) is 11.5. The summed E-state index contributed by atoms with van der Waals surface area (Å²) in [5.74, 6) is -0.425. The third-order valence-corrected chi connectivity index (χ3v) is 3.87. The van der Waals surface area contributed by atoms with Gasteiger partial charge in [0.15, 0.2) is 0 Å². The van der Waals surface area contributed by atoms with Crippen LogP contribution in [0.5, 0.6) is 0 Å². The highest BCUT2D eigenvalue weighted by molar-refractivity contribution is 6.77. The lowest BCUT2D eigenvalue weighted by atomic mass is 9.77. The number of hydrogen-bond donors (Lipinski definition) is 0. The molecule has 5 heteroatoms. The predicted molar refractivity (Wildman–Crippen MR) is 78.2 cm³/mol. The van der Waals surface area contributed by atoms with Gasteiger partial charge in [-0.25, -0.2) is 0 Å². The first-order valence-electron chi connectivity index (χ1n) is 5.96. The van der Waals surface area contributed by atoms with Crippen LogP contribution in [0.25, 0.3) is 0 Å². The molecule has 18 heavy (non-hydrogen) atoms. The fourth-order valence-electron chi connectivity index (χ4n) is 1.98. The molecule has 0 N–H and O–H groups in total. The van der Waals surface area contributed by atoms with E-state index in [1.807, 2.05) is 20.0 Å². The van der Waals surface area contributed by atoms with Crippen LogP contribution >= 0.6 is 34.8 Å². The van der Waals surface area contributed by atoms with Crippen molar-refractivity contribution in [1.29, 1.82) is 0 Å². The van der Waals surface area contributed by atoms with Crippen LogP contribution in [0.1, 0.15) is 41.0 Å². The second kappa shape index (κ2) is 4.88. The second-order valence-electron chi connectivity index (χ2n) is 6.37. The lowest BCUT2D eigenvalue weighted by molar-refractivity contribution is -0.116. The largest absolute Gasteiger partial charge is 0.372 e. The first kappa shape index (κ1) is 16.1. The number of rotatable bonds is 1. The van der Waals surface area contributed by atoms with Crippen LogP contribution in [0.3, 0.4) is 0 Å². The molecule has 0 atom stereocenters. The third-order valence-electron chi connectivity index (χ3n) is 3.36. The Labute approximate surface area is 124 Å². The average Bonchev–Trinajstić information content (AvgIpc) is 2.12. The molecule has 1 rings (SSSR count). The highest BCUT2D eigenvalue weighted by Gasteiger charge is 2.42. The van der Waals surface area contributed by atoms with E-state index in [4.69, 9.17) is 34.8 Å². The monoisotopic (exact) mass is 311 g/mol. The molecule has 0 spiro atoms. The van der Waals surface area contributed by atoms with Gasteiger partial charge in [-0.1, -0.05) is 48.7 Å². The van der Waals surface area contributed by atoms with Gasteiger partial charge in [-0.2, -0.15) is 0 Å². The van der Waals surface area contributed by atoms with E-state index in [1.54, 1.807) is 0 Å². The Balaban J connectivity index is 3.18. The summed E-state index contributed by atoms with van der Waals surface area (Å²) in [5.41, 5.74) is 0.280. The normalized spacial score (nSPS) is 20.7. The van der Waals surface area contributed by atoms with Crippen molar-refractivity contribution < 1.29 is 4.79 Å². The van der Waals surface area contributed by atoms with E-state index in [1.165, 1.54) is 0 Å². The van der Waals surface area contributed by atoms with Crippen molar-refractivity contribution in [3.63, 3.8) is 0 Å². The quantitative estimate of drug-likeness (QED) is 0.671. The number of carbonyl (C=O) groups excluding carboxylic acids is 1. The standard InChI is InChI=1S/C13H20Cl3NO/c1-11(2,3)17-7-6-12(4,5)9(8-17)10(18)13(14,15)16/h8H,6-7H2,1-5H3. The van der Waals surface area contributed by atoms with E-state index in [-0.39, 0.29) is 11.0 Å². The molecule has 0 amide bonds. The van der Waals surface area contributed by atoms with Crippen molar-refractivity contribution in [2.75, 3.05) is 6.54 Å². The van der Waals surface area contributed by atoms with Gasteiger partial charge in [0.05, 0.1) is 0 Å². The molecule has 0 saturated heterocycles. The molecule has 104 valence electrons. The van der Waals surface area contributed by atoms with Crippen LogP contribution in [-0.2, 0) is 4.79 Å². The highest BCUT2D eigenvalue weighted by atomic mass is 35.6. The van der Waals surface area contributed by atoms with Crippen molar-refractivity contribution >= 4 is 40.6 Å². The molecule has 1 heterocycles. The van der Waals surface area contributed by atoms with Crippen LogP contribution in [-0.4, -0.2) is 26.6 Å². The van der Waals surface area contributed by atoms with Crippen molar-refractivity contribution in [2.24, 2.45) is 5.41 Å². The summed E-state index contributed by atoms with van der Waals surface area (Å²) >= 11 is 17.2. The maximum atomic E-state index is 12.2. The zero-order chi connectivity index (χ0) is 14.4. The summed E-state index contributed by atoms with van der Waals surface area (Å²) in [6, 6.07) is 0. The van der Waals surface area contributed by atoms with Crippen LogP contribution in [0.4, 0.5) is 0 Å². The van der Waals surface area contributed by atoms with Crippen molar-refractivity contribution in [2.45, 2.75) is 50.4 Å². The van der Waals surface area contributed by atoms with Gasteiger partial charge in [-0.15, -0.1) is 0 Å². The van der Waals surface area contributed by atoms with Crippen molar-refractivity contribution in [1.82, 2.24) is 4.90 Å². The van der Waals surface area contributed by atoms with E-state index in [0.29, 0.717) is 5.57 Å². The Bertz CT molecular complexity index is 375. The molecule has 0 aromatic heterocycles. The van der Waals surface area contributed by atoms with E-state index in [2.05, 4.69) is 25.7 Å². The topological polar surface area (TPSA) is 20.3 Å². The summed E-state index contributed by atoms with van der Waals surface area (Å²) in [6.07, 6.45) is 2.72. The predicted octanol–water partition coefficient (Wildman–Crippen LogP) is 4.34. The Morgan fingerprint density at radius 1 is 1.28 bits per heavy atom. The Morgan fingerprint density at radius 2 is 1.78 bits per heavy atom. The molecule has 1 aliphatic rings. The maximum Gasteiger partial charge on any atom is 0.253 e. The summed E-state index contributed by atoms with van der Waals surface area (Å²) in [7, 11) is 0. The third kappa shape index (κ3) is 3.55. The van der Waals surface area contributed by atoms with Gasteiger partial charge in [-0.05, 0) is 32.6 Å². The summed E-state index contributed by atoms with van der Waals surface area (Å²) < 4.78 is -1.88. The minimum absolute atomic E-state index is 0.0460. The summed E-state index contributed by atoms with van der Waals surface area (Å²) in [5, 5.41) is 0. The Hall–Kier alpha value is 0.0800. The van der Waals surface area contributed by atoms with E-state index >= 15 is 0 Å². The van der Waals surface area contributed by atoms with Crippen LogP contribution in [0.2, 0.25) is 0 Å². The SMILES string of the molecule is CC1(C)CCN(C(C)(C)C)C=C1C(=O)C(Cl)(Cl)Cl. The summed E-state index contributed by atoms with van der Waals surface area (Å²) in [4.78, 5) is 14.3. The van der Waals surface area contributed by atoms with Crippen LogP contribution < -0.4 is 0 Å². The molecule has 0 aromatic carbocycles. The number of hydrogen-bond acceptors (Lipinski definition) is 2. The van der Waals surface area contributed by atoms with Crippen LogP contribution in [0, 0.1) is 5.41 Å². The van der Waals surface area contributed by atoms with Gasteiger partial charge in [0.2, 0.25) is 5.78 Å². The molecule has 0 fully saturated rings. The van der Waals surface area contributed by atoms with Gasteiger partial charge in [0.1, 0.15) is 0 Å².